The van der Waals surface area contributed by atoms with Gasteiger partial charge in [-0.2, -0.15) is 0 Å². The Hall–Kier alpha value is -1.69. The minimum absolute atomic E-state index is 0.0115. The van der Waals surface area contributed by atoms with Crippen LogP contribution in [0.5, 0.6) is 0 Å². The fourth-order valence-electron chi connectivity index (χ4n) is 1.84. The number of carbonyl (C=O) groups excluding carboxylic acids is 3. The van der Waals surface area contributed by atoms with Gasteiger partial charge < -0.3 is 0 Å². The van der Waals surface area contributed by atoms with Crippen molar-refractivity contribution in [3.8, 4) is 0 Å². The highest BCUT2D eigenvalue weighted by Crippen LogP contribution is 2.27. The number of hydrogen-bond donors (Lipinski definition) is 0. The van der Waals surface area contributed by atoms with Crippen LogP contribution in [0.3, 0.4) is 0 Å². The van der Waals surface area contributed by atoms with E-state index < -0.39 is 0 Å². The first kappa shape index (κ1) is 12.8. The SMILES string of the molecule is CC(=O)SC1CC(=O)N(c2ccc(C=O)cn2)C1. The van der Waals surface area contributed by atoms with E-state index in [1.54, 1.807) is 17.0 Å². The van der Waals surface area contributed by atoms with E-state index in [9.17, 15) is 14.4 Å². The Balaban J connectivity index is 2.11. The molecule has 1 aliphatic heterocycles. The van der Waals surface area contributed by atoms with Crippen LogP contribution in [-0.4, -0.2) is 34.1 Å². The molecule has 2 rings (SSSR count). The van der Waals surface area contributed by atoms with E-state index >= 15 is 0 Å². The van der Waals surface area contributed by atoms with Crippen molar-refractivity contribution in [3.05, 3.63) is 23.9 Å². The minimum Gasteiger partial charge on any atom is -0.298 e. The van der Waals surface area contributed by atoms with E-state index in [-0.39, 0.29) is 16.3 Å². The van der Waals surface area contributed by atoms with Crippen molar-refractivity contribution in [2.24, 2.45) is 0 Å². The molecule has 1 amide bonds. The maximum atomic E-state index is 11.8. The van der Waals surface area contributed by atoms with Crippen LogP contribution in [0.2, 0.25) is 0 Å². The molecule has 18 heavy (non-hydrogen) atoms. The van der Waals surface area contributed by atoms with Crippen molar-refractivity contribution in [2.45, 2.75) is 18.6 Å². The van der Waals surface area contributed by atoms with Crippen molar-refractivity contribution < 1.29 is 14.4 Å². The van der Waals surface area contributed by atoms with E-state index in [2.05, 4.69) is 4.98 Å². The fraction of sp³-hybridized carbons (Fsp3) is 0.333. The maximum absolute atomic E-state index is 11.8. The molecular formula is C12H12N2O3S. The molecule has 1 aliphatic rings. The monoisotopic (exact) mass is 264 g/mol. The molecular weight excluding hydrogens is 252 g/mol. The zero-order valence-electron chi connectivity index (χ0n) is 9.83. The average molecular weight is 264 g/mol. The third kappa shape index (κ3) is 2.76. The van der Waals surface area contributed by atoms with E-state index in [0.29, 0.717) is 30.6 Å². The lowest BCUT2D eigenvalue weighted by Gasteiger charge is -2.14. The Morgan fingerprint density at radius 3 is 2.89 bits per heavy atom. The van der Waals surface area contributed by atoms with Gasteiger partial charge in [-0.05, 0) is 12.1 Å². The third-order valence-electron chi connectivity index (χ3n) is 2.61. The van der Waals surface area contributed by atoms with Gasteiger partial charge in [-0.15, -0.1) is 0 Å². The van der Waals surface area contributed by atoms with Gasteiger partial charge in [0, 0.05) is 36.9 Å². The maximum Gasteiger partial charge on any atom is 0.229 e. The van der Waals surface area contributed by atoms with Crippen LogP contribution in [0.1, 0.15) is 23.7 Å². The summed E-state index contributed by atoms with van der Waals surface area (Å²) in [5.74, 6) is 0.484. The number of nitrogens with zero attached hydrogens (tertiary/aromatic N) is 2. The van der Waals surface area contributed by atoms with Crippen molar-refractivity contribution in [1.82, 2.24) is 4.98 Å². The number of hydrogen-bond acceptors (Lipinski definition) is 5. The van der Waals surface area contributed by atoms with Gasteiger partial charge in [0.25, 0.3) is 0 Å². The summed E-state index contributed by atoms with van der Waals surface area (Å²) in [4.78, 5) is 39.0. The molecule has 0 bridgehead atoms. The highest BCUT2D eigenvalue weighted by Gasteiger charge is 2.32. The molecule has 2 heterocycles. The van der Waals surface area contributed by atoms with E-state index in [4.69, 9.17) is 0 Å². The highest BCUT2D eigenvalue weighted by molar-refractivity contribution is 8.14. The molecule has 6 heteroatoms. The first-order valence-electron chi connectivity index (χ1n) is 5.49. The van der Waals surface area contributed by atoms with Crippen LogP contribution in [-0.2, 0) is 9.59 Å². The molecule has 1 aromatic rings. The van der Waals surface area contributed by atoms with Gasteiger partial charge in [0.2, 0.25) is 5.91 Å². The van der Waals surface area contributed by atoms with Gasteiger partial charge in [0.05, 0.1) is 0 Å². The van der Waals surface area contributed by atoms with Gasteiger partial charge in [-0.25, -0.2) is 4.98 Å². The lowest BCUT2D eigenvalue weighted by Crippen LogP contribution is -2.25. The van der Waals surface area contributed by atoms with Crippen molar-refractivity contribution >= 4 is 34.9 Å². The zero-order chi connectivity index (χ0) is 13.1. The summed E-state index contributed by atoms with van der Waals surface area (Å²) in [7, 11) is 0. The number of pyridine rings is 1. The molecule has 0 aliphatic carbocycles. The van der Waals surface area contributed by atoms with Crippen LogP contribution in [0.15, 0.2) is 18.3 Å². The lowest BCUT2D eigenvalue weighted by molar-refractivity contribution is -0.117. The molecule has 1 fully saturated rings. The van der Waals surface area contributed by atoms with Crippen LogP contribution < -0.4 is 4.90 Å². The number of amides is 1. The lowest BCUT2D eigenvalue weighted by atomic mass is 10.3. The van der Waals surface area contributed by atoms with Crippen LogP contribution in [0.4, 0.5) is 5.82 Å². The van der Waals surface area contributed by atoms with Crippen LogP contribution >= 0.6 is 11.8 Å². The Labute approximate surface area is 109 Å². The fourth-order valence-corrected chi connectivity index (χ4v) is 2.76. The first-order valence-corrected chi connectivity index (χ1v) is 6.37. The van der Waals surface area contributed by atoms with Gasteiger partial charge in [-0.3, -0.25) is 19.3 Å². The van der Waals surface area contributed by atoms with Crippen molar-refractivity contribution in [2.75, 3.05) is 11.4 Å². The third-order valence-corrected chi connectivity index (χ3v) is 3.59. The predicted octanol–water partition coefficient (Wildman–Crippen LogP) is 1.28. The molecule has 5 nitrogen and oxygen atoms in total. The minimum atomic E-state index is -0.0416. The molecule has 0 aromatic carbocycles. The summed E-state index contributed by atoms with van der Waals surface area (Å²) in [6.07, 6.45) is 2.49. The molecule has 1 saturated heterocycles. The molecule has 0 radical (unpaired) electrons. The van der Waals surface area contributed by atoms with E-state index in [1.165, 1.54) is 24.9 Å². The number of anilines is 1. The Kier molecular flexibility index (Phi) is 3.76. The summed E-state index contributed by atoms with van der Waals surface area (Å²) >= 11 is 1.19. The smallest absolute Gasteiger partial charge is 0.229 e. The predicted molar refractivity (Wildman–Crippen MR) is 68.7 cm³/mol. The van der Waals surface area contributed by atoms with Crippen molar-refractivity contribution in [3.63, 3.8) is 0 Å². The van der Waals surface area contributed by atoms with Crippen molar-refractivity contribution in [1.29, 1.82) is 0 Å². The van der Waals surface area contributed by atoms with Gasteiger partial charge >= 0.3 is 0 Å². The quantitative estimate of drug-likeness (QED) is 0.769. The molecule has 0 N–H and O–H groups in total. The average Bonchev–Trinajstić information content (AvgIpc) is 2.69. The Morgan fingerprint density at radius 1 is 1.56 bits per heavy atom. The number of rotatable bonds is 3. The standard InChI is InChI=1S/C12H12N2O3S/c1-8(16)18-10-4-12(17)14(6-10)11-3-2-9(7-15)5-13-11/h2-3,5,7,10H,4,6H2,1H3. The summed E-state index contributed by atoms with van der Waals surface area (Å²) in [6, 6.07) is 3.26. The van der Waals surface area contributed by atoms with E-state index in [1.807, 2.05) is 0 Å². The summed E-state index contributed by atoms with van der Waals surface area (Å²) < 4.78 is 0. The van der Waals surface area contributed by atoms with Gasteiger partial charge in [0.1, 0.15) is 5.82 Å². The zero-order valence-corrected chi connectivity index (χ0v) is 10.6. The number of carbonyl (C=O) groups is 3. The summed E-state index contributed by atoms with van der Waals surface area (Å²) in [6.45, 7) is 1.98. The van der Waals surface area contributed by atoms with Crippen LogP contribution in [0, 0.1) is 0 Å². The van der Waals surface area contributed by atoms with Gasteiger partial charge in [-0.1, -0.05) is 11.8 Å². The highest BCUT2D eigenvalue weighted by atomic mass is 32.2. The van der Waals surface area contributed by atoms with Gasteiger partial charge in [0.15, 0.2) is 11.4 Å². The number of thioether (sulfide) groups is 1. The molecule has 94 valence electrons. The number of aldehydes is 1. The Morgan fingerprint density at radius 2 is 2.33 bits per heavy atom. The largest absolute Gasteiger partial charge is 0.298 e. The number of aromatic nitrogens is 1. The van der Waals surface area contributed by atoms with E-state index in [0.717, 1.165) is 0 Å². The molecule has 0 saturated carbocycles. The second-order valence-electron chi connectivity index (χ2n) is 4.01. The van der Waals surface area contributed by atoms with Crippen LogP contribution in [0.25, 0.3) is 0 Å². The molecule has 1 unspecified atom stereocenters. The second-order valence-corrected chi connectivity index (χ2v) is 5.48. The summed E-state index contributed by atoms with van der Waals surface area (Å²) in [5.41, 5.74) is 0.472. The Bertz CT molecular complexity index is 487. The first-order chi connectivity index (χ1) is 8.60. The molecule has 1 atom stereocenters. The molecule has 0 spiro atoms. The normalized spacial score (nSPS) is 19.1. The summed E-state index contributed by atoms with van der Waals surface area (Å²) in [5, 5.41) is 0.00135. The molecule has 1 aromatic heterocycles. The topological polar surface area (TPSA) is 67.3 Å². The second kappa shape index (κ2) is 5.30.